The van der Waals surface area contributed by atoms with Crippen molar-refractivity contribution in [2.75, 3.05) is 13.2 Å². The summed E-state index contributed by atoms with van der Waals surface area (Å²) < 4.78 is 5.60. The van der Waals surface area contributed by atoms with E-state index in [-0.39, 0.29) is 5.60 Å². The lowest BCUT2D eigenvalue weighted by atomic mass is 10.1. The molecule has 0 radical (unpaired) electrons. The van der Waals surface area contributed by atoms with E-state index in [9.17, 15) is 5.11 Å². The van der Waals surface area contributed by atoms with E-state index in [0.29, 0.717) is 18.9 Å². The van der Waals surface area contributed by atoms with Gasteiger partial charge in [-0.15, -0.1) is 0 Å². The van der Waals surface area contributed by atoms with E-state index < -0.39 is 0 Å². The molecule has 0 saturated heterocycles. The molecule has 3 heteroatoms. The van der Waals surface area contributed by atoms with Crippen molar-refractivity contribution >= 4 is 0 Å². The first-order valence-electron chi connectivity index (χ1n) is 6.08. The number of hydrogen-bond acceptors (Lipinski definition) is 3. The number of benzene rings is 1. The van der Waals surface area contributed by atoms with Gasteiger partial charge in [0.2, 0.25) is 0 Å². The lowest BCUT2D eigenvalue weighted by molar-refractivity contribution is -0.00900. The third-order valence-electron chi connectivity index (χ3n) is 2.64. The van der Waals surface area contributed by atoms with Gasteiger partial charge in [0, 0.05) is 25.3 Å². The highest BCUT2D eigenvalue weighted by Gasteiger charge is 2.16. The standard InChI is InChI=1S/C14H23NO2/c1-5-17-14(3,4)10-15-9-12-8-11(2)6-7-13(12)16/h6-8,15-16H,5,9-10H2,1-4H3. The number of phenols is 1. The Morgan fingerprint density at radius 2 is 2.06 bits per heavy atom. The zero-order valence-electron chi connectivity index (χ0n) is 11.2. The average Bonchev–Trinajstić information content (AvgIpc) is 2.23. The Labute approximate surface area is 104 Å². The van der Waals surface area contributed by atoms with Crippen LogP contribution >= 0.6 is 0 Å². The minimum Gasteiger partial charge on any atom is -0.508 e. The van der Waals surface area contributed by atoms with Gasteiger partial charge in [0.1, 0.15) is 5.75 Å². The van der Waals surface area contributed by atoms with Gasteiger partial charge in [0.05, 0.1) is 5.60 Å². The molecule has 0 aliphatic carbocycles. The summed E-state index contributed by atoms with van der Waals surface area (Å²) in [4.78, 5) is 0. The summed E-state index contributed by atoms with van der Waals surface area (Å²) in [5.74, 6) is 0.345. The van der Waals surface area contributed by atoms with Crippen LogP contribution in [0.25, 0.3) is 0 Å². The van der Waals surface area contributed by atoms with Gasteiger partial charge < -0.3 is 15.2 Å². The number of aryl methyl sites for hydroxylation is 1. The Balaban J connectivity index is 2.48. The minimum atomic E-state index is -0.172. The molecular weight excluding hydrogens is 214 g/mol. The molecular formula is C14H23NO2. The van der Waals surface area contributed by atoms with Crippen molar-refractivity contribution in [2.24, 2.45) is 0 Å². The molecule has 0 bridgehead atoms. The molecule has 96 valence electrons. The molecule has 0 aliphatic heterocycles. The summed E-state index contributed by atoms with van der Waals surface area (Å²) in [6.07, 6.45) is 0. The molecule has 1 aromatic carbocycles. The maximum Gasteiger partial charge on any atom is 0.120 e. The first-order chi connectivity index (χ1) is 7.94. The molecule has 0 unspecified atom stereocenters. The summed E-state index contributed by atoms with van der Waals surface area (Å²) in [6.45, 7) is 10.3. The van der Waals surface area contributed by atoms with Gasteiger partial charge in [0.15, 0.2) is 0 Å². The second kappa shape index (κ2) is 6.03. The van der Waals surface area contributed by atoms with Crippen LogP contribution in [0.1, 0.15) is 31.9 Å². The van der Waals surface area contributed by atoms with E-state index in [4.69, 9.17) is 4.74 Å². The fourth-order valence-electron chi connectivity index (χ4n) is 1.80. The normalized spacial score (nSPS) is 11.8. The topological polar surface area (TPSA) is 41.5 Å². The Kier molecular flexibility index (Phi) is 4.97. The minimum absolute atomic E-state index is 0.172. The fourth-order valence-corrected chi connectivity index (χ4v) is 1.80. The maximum absolute atomic E-state index is 9.70. The Bertz CT molecular complexity index is 361. The summed E-state index contributed by atoms with van der Waals surface area (Å²) >= 11 is 0. The van der Waals surface area contributed by atoms with E-state index in [1.165, 1.54) is 0 Å². The van der Waals surface area contributed by atoms with Gasteiger partial charge in [-0.05, 0) is 33.8 Å². The zero-order valence-corrected chi connectivity index (χ0v) is 11.2. The summed E-state index contributed by atoms with van der Waals surface area (Å²) in [5, 5.41) is 13.0. The lowest BCUT2D eigenvalue weighted by Crippen LogP contribution is -2.37. The van der Waals surface area contributed by atoms with Crippen LogP contribution in [0.4, 0.5) is 0 Å². The Morgan fingerprint density at radius 3 is 2.71 bits per heavy atom. The molecule has 0 amide bonds. The molecule has 0 saturated carbocycles. The summed E-state index contributed by atoms with van der Waals surface area (Å²) in [6, 6.07) is 5.64. The van der Waals surface area contributed by atoms with Gasteiger partial charge >= 0.3 is 0 Å². The highest BCUT2D eigenvalue weighted by molar-refractivity contribution is 5.35. The third kappa shape index (κ3) is 4.75. The van der Waals surface area contributed by atoms with Crippen LogP contribution in [0.5, 0.6) is 5.75 Å². The number of ether oxygens (including phenoxy) is 1. The van der Waals surface area contributed by atoms with Crippen molar-refractivity contribution in [3.8, 4) is 5.75 Å². The zero-order chi connectivity index (χ0) is 12.9. The highest BCUT2D eigenvalue weighted by atomic mass is 16.5. The number of rotatable bonds is 6. The third-order valence-corrected chi connectivity index (χ3v) is 2.64. The molecule has 17 heavy (non-hydrogen) atoms. The smallest absolute Gasteiger partial charge is 0.120 e. The molecule has 1 aromatic rings. The monoisotopic (exact) mass is 237 g/mol. The predicted octanol–water partition coefficient (Wildman–Crippen LogP) is 2.61. The largest absolute Gasteiger partial charge is 0.508 e. The molecule has 2 N–H and O–H groups in total. The molecule has 3 nitrogen and oxygen atoms in total. The van der Waals surface area contributed by atoms with Gasteiger partial charge in [0.25, 0.3) is 0 Å². The predicted molar refractivity (Wildman–Crippen MR) is 70.3 cm³/mol. The second-order valence-electron chi connectivity index (χ2n) is 4.93. The number of hydrogen-bond donors (Lipinski definition) is 2. The Hall–Kier alpha value is -1.06. The van der Waals surface area contributed by atoms with E-state index in [1.54, 1.807) is 6.07 Å². The van der Waals surface area contributed by atoms with E-state index in [2.05, 4.69) is 19.2 Å². The SMILES string of the molecule is CCOC(C)(C)CNCc1cc(C)ccc1O. The van der Waals surface area contributed by atoms with Crippen LogP contribution in [-0.4, -0.2) is 23.9 Å². The van der Waals surface area contributed by atoms with E-state index in [1.807, 2.05) is 26.0 Å². The maximum atomic E-state index is 9.70. The first-order valence-corrected chi connectivity index (χ1v) is 6.08. The van der Waals surface area contributed by atoms with Crippen LogP contribution in [0, 0.1) is 6.92 Å². The lowest BCUT2D eigenvalue weighted by Gasteiger charge is -2.25. The van der Waals surface area contributed by atoms with Gasteiger partial charge in [-0.1, -0.05) is 17.7 Å². The van der Waals surface area contributed by atoms with Crippen molar-refractivity contribution in [1.82, 2.24) is 5.32 Å². The van der Waals surface area contributed by atoms with E-state index >= 15 is 0 Å². The Morgan fingerprint density at radius 1 is 1.35 bits per heavy atom. The fraction of sp³-hybridized carbons (Fsp3) is 0.571. The molecule has 0 atom stereocenters. The van der Waals surface area contributed by atoms with Crippen molar-refractivity contribution in [3.63, 3.8) is 0 Å². The van der Waals surface area contributed by atoms with Gasteiger partial charge in [-0.25, -0.2) is 0 Å². The highest BCUT2D eigenvalue weighted by Crippen LogP contribution is 2.18. The van der Waals surface area contributed by atoms with Crippen molar-refractivity contribution in [3.05, 3.63) is 29.3 Å². The number of phenolic OH excluding ortho intramolecular Hbond substituents is 1. The molecule has 0 fully saturated rings. The van der Waals surface area contributed by atoms with Gasteiger partial charge in [-0.3, -0.25) is 0 Å². The van der Waals surface area contributed by atoms with Gasteiger partial charge in [-0.2, -0.15) is 0 Å². The quantitative estimate of drug-likeness (QED) is 0.799. The van der Waals surface area contributed by atoms with Crippen LogP contribution < -0.4 is 5.32 Å². The molecule has 0 spiro atoms. The molecule has 0 aromatic heterocycles. The van der Waals surface area contributed by atoms with Crippen LogP contribution in [0.15, 0.2) is 18.2 Å². The second-order valence-corrected chi connectivity index (χ2v) is 4.93. The van der Waals surface area contributed by atoms with E-state index in [0.717, 1.165) is 17.7 Å². The van der Waals surface area contributed by atoms with Crippen LogP contribution in [0.3, 0.4) is 0 Å². The van der Waals surface area contributed by atoms with Crippen molar-refractivity contribution in [2.45, 2.75) is 39.8 Å². The van der Waals surface area contributed by atoms with Crippen molar-refractivity contribution in [1.29, 1.82) is 0 Å². The molecule has 0 heterocycles. The van der Waals surface area contributed by atoms with Crippen LogP contribution in [-0.2, 0) is 11.3 Å². The average molecular weight is 237 g/mol. The first kappa shape index (κ1) is 14.0. The summed E-state index contributed by atoms with van der Waals surface area (Å²) in [7, 11) is 0. The van der Waals surface area contributed by atoms with Crippen molar-refractivity contribution < 1.29 is 9.84 Å². The molecule has 1 rings (SSSR count). The molecule has 0 aliphatic rings. The summed E-state index contributed by atoms with van der Waals surface area (Å²) in [5.41, 5.74) is 1.91. The van der Waals surface area contributed by atoms with Crippen LogP contribution in [0.2, 0.25) is 0 Å². The number of aromatic hydroxyl groups is 1. The number of nitrogens with one attached hydrogen (secondary N) is 1.